The van der Waals surface area contributed by atoms with Crippen molar-refractivity contribution in [1.29, 1.82) is 0 Å². The number of para-hydroxylation sites is 1. The lowest BCUT2D eigenvalue weighted by atomic mass is 10.0. The number of primary amides is 1. The largest absolute Gasteiger partial charge is 0.366 e. The molecular formula is C13H19N3O2. The van der Waals surface area contributed by atoms with E-state index in [-0.39, 0.29) is 11.8 Å². The Bertz CT molecular complexity index is 432. The molecule has 5 N–H and O–H groups in total. The molecule has 0 aliphatic heterocycles. The van der Waals surface area contributed by atoms with E-state index in [1.807, 2.05) is 6.92 Å². The minimum atomic E-state index is -0.555. The van der Waals surface area contributed by atoms with Crippen molar-refractivity contribution < 1.29 is 9.59 Å². The van der Waals surface area contributed by atoms with Crippen LogP contribution in [-0.4, -0.2) is 18.4 Å². The molecule has 1 rings (SSSR count). The first kappa shape index (κ1) is 14.2. The first-order chi connectivity index (χ1) is 8.56. The zero-order chi connectivity index (χ0) is 13.5. The van der Waals surface area contributed by atoms with Gasteiger partial charge in [-0.25, -0.2) is 0 Å². The van der Waals surface area contributed by atoms with Gasteiger partial charge in [-0.05, 0) is 31.5 Å². The van der Waals surface area contributed by atoms with E-state index in [9.17, 15) is 9.59 Å². The van der Waals surface area contributed by atoms with Crippen LogP contribution in [0.15, 0.2) is 24.3 Å². The fourth-order valence-electron chi connectivity index (χ4n) is 1.62. The third kappa shape index (κ3) is 3.85. The second-order valence-electron chi connectivity index (χ2n) is 4.23. The maximum Gasteiger partial charge on any atom is 0.250 e. The number of anilines is 1. The van der Waals surface area contributed by atoms with Gasteiger partial charge >= 0.3 is 0 Å². The van der Waals surface area contributed by atoms with Gasteiger partial charge in [-0.15, -0.1) is 0 Å². The smallest absolute Gasteiger partial charge is 0.250 e. The molecule has 1 unspecified atom stereocenters. The van der Waals surface area contributed by atoms with Crippen LogP contribution < -0.4 is 16.8 Å². The third-order valence-electron chi connectivity index (χ3n) is 2.74. The average molecular weight is 249 g/mol. The van der Waals surface area contributed by atoms with E-state index in [4.69, 9.17) is 11.5 Å². The molecule has 5 heteroatoms. The lowest BCUT2D eigenvalue weighted by Crippen LogP contribution is -2.23. The van der Waals surface area contributed by atoms with Crippen molar-refractivity contribution in [2.45, 2.75) is 19.8 Å². The molecule has 2 amide bonds. The zero-order valence-electron chi connectivity index (χ0n) is 10.5. The Morgan fingerprint density at radius 3 is 2.61 bits per heavy atom. The molecule has 0 heterocycles. The van der Waals surface area contributed by atoms with Gasteiger partial charge in [-0.2, -0.15) is 0 Å². The predicted molar refractivity (Wildman–Crippen MR) is 71.0 cm³/mol. The van der Waals surface area contributed by atoms with Crippen LogP contribution in [0.4, 0.5) is 5.69 Å². The van der Waals surface area contributed by atoms with Gasteiger partial charge < -0.3 is 16.8 Å². The number of hydrogen-bond acceptors (Lipinski definition) is 3. The maximum atomic E-state index is 11.9. The molecule has 0 bridgehead atoms. The monoisotopic (exact) mass is 249 g/mol. The Morgan fingerprint density at radius 1 is 1.33 bits per heavy atom. The van der Waals surface area contributed by atoms with E-state index < -0.39 is 5.91 Å². The number of nitrogens with two attached hydrogens (primary N) is 2. The van der Waals surface area contributed by atoms with Crippen LogP contribution in [0.2, 0.25) is 0 Å². The molecule has 0 saturated heterocycles. The summed E-state index contributed by atoms with van der Waals surface area (Å²) in [5.41, 5.74) is 11.4. The summed E-state index contributed by atoms with van der Waals surface area (Å²) >= 11 is 0. The molecule has 0 aliphatic carbocycles. The van der Waals surface area contributed by atoms with Gasteiger partial charge in [-0.1, -0.05) is 19.1 Å². The fourth-order valence-corrected chi connectivity index (χ4v) is 1.62. The van der Waals surface area contributed by atoms with Gasteiger partial charge in [0.05, 0.1) is 11.3 Å². The zero-order valence-corrected chi connectivity index (χ0v) is 10.5. The standard InChI is InChI=1S/C13H19N3O2/c1-9(5-4-8-14)13(18)16-11-7-3-2-6-10(11)12(15)17/h2-3,6-7,9H,4-5,8,14H2,1H3,(H2,15,17)(H,16,18). The fraction of sp³-hybridized carbons (Fsp3) is 0.385. The lowest BCUT2D eigenvalue weighted by Gasteiger charge is -2.13. The van der Waals surface area contributed by atoms with Crippen LogP contribution in [0.25, 0.3) is 0 Å². The molecule has 18 heavy (non-hydrogen) atoms. The minimum absolute atomic E-state index is 0.128. The SMILES string of the molecule is CC(CCCN)C(=O)Nc1ccccc1C(N)=O. The molecule has 5 nitrogen and oxygen atoms in total. The summed E-state index contributed by atoms with van der Waals surface area (Å²) in [5.74, 6) is -0.827. The van der Waals surface area contributed by atoms with Crippen LogP contribution in [0, 0.1) is 5.92 Å². The van der Waals surface area contributed by atoms with Crippen molar-refractivity contribution in [3.63, 3.8) is 0 Å². The highest BCUT2D eigenvalue weighted by molar-refractivity contribution is 6.03. The van der Waals surface area contributed by atoms with Gasteiger partial charge in [0.15, 0.2) is 0 Å². The first-order valence-corrected chi connectivity index (χ1v) is 5.96. The summed E-state index contributed by atoms with van der Waals surface area (Å²) < 4.78 is 0. The molecule has 98 valence electrons. The molecule has 1 aromatic carbocycles. The molecule has 0 aromatic heterocycles. The number of hydrogen-bond donors (Lipinski definition) is 3. The van der Waals surface area contributed by atoms with Crippen molar-refractivity contribution >= 4 is 17.5 Å². The second-order valence-corrected chi connectivity index (χ2v) is 4.23. The lowest BCUT2D eigenvalue weighted by molar-refractivity contribution is -0.119. The highest BCUT2D eigenvalue weighted by Crippen LogP contribution is 2.16. The number of carbonyl (C=O) groups excluding carboxylic acids is 2. The van der Waals surface area contributed by atoms with Crippen molar-refractivity contribution in [1.82, 2.24) is 0 Å². The highest BCUT2D eigenvalue weighted by atomic mass is 16.2. The normalized spacial score (nSPS) is 11.9. The van der Waals surface area contributed by atoms with E-state index in [1.165, 1.54) is 0 Å². The Balaban J connectivity index is 2.72. The van der Waals surface area contributed by atoms with E-state index >= 15 is 0 Å². The molecule has 0 saturated carbocycles. The van der Waals surface area contributed by atoms with Gasteiger partial charge in [-0.3, -0.25) is 9.59 Å². The molecule has 0 radical (unpaired) electrons. The number of amides is 2. The van der Waals surface area contributed by atoms with Crippen LogP contribution in [-0.2, 0) is 4.79 Å². The minimum Gasteiger partial charge on any atom is -0.366 e. The first-order valence-electron chi connectivity index (χ1n) is 5.96. The van der Waals surface area contributed by atoms with Gasteiger partial charge in [0.2, 0.25) is 5.91 Å². The summed E-state index contributed by atoms with van der Waals surface area (Å²) in [5, 5.41) is 2.72. The Labute approximate surface area is 107 Å². The summed E-state index contributed by atoms with van der Waals surface area (Å²) in [6, 6.07) is 6.69. The van der Waals surface area contributed by atoms with Crippen LogP contribution in [0.1, 0.15) is 30.1 Å². The number of rotatable bonds is 6. The van der Waals surface area contributed by atoms with Crippen molar-refractivity contribution in [3.8, 4) is 0 Å². The Morgan fingerprint density at radius 2 is 2.00 bits per heavy atom. The van der Waals surface area contributed by atoms with E-state index in [2.05, 4.69) is 5.32 Å². The van der Waals surface area contributed by atoms with E-state index in [0.29, 0.717) is 17.8 Å². The van der Waals surface area contributed by atoms with E-state index in [0.717, 1.165) is 12.8 Å². The molecule has 0 aliphatic rings. The average Bonchev–Trinajstić information content (AvgIpc) is 2.36. The summed E-state index contributed by atoms with van der Waals surface area (Å²) in [4.78, 5) is 23.1. The van der Waals surface area contributed by atoms with Crippen molar-refractivity contribution in [2.24, 2.45) is 17.4 Å². The van der Waals surface area contributed by atoms with Crippen LogP contribution in [0.3, 0.4) is 0 Å². The molecule has 1 atom stereocenters. The molecule has 0 fully saturated rings. The molecule has 1 aromatic rings. The Kier molecular flexibility index (Phi) is 5.32. The summed E-state index contributed by atoms with van der Waals surface area (Å²) in [7, 11) is 0. The number of carbonyl (C=O) groups is 2. The van der Waals surface area contributed by atoms with Crippen molar-refractivity contribution in [3.05, 3.63) is 29.8 Å². The second kappa shape index (κ2) is 6.76. The number of benzene rings is 1. The number of nitrogens with one attached hydrogen (secondary N) is 1. The quantitative estimate of drug-likeness (QED) is 0.704. The summed E-state index contributed by atoms with van der Waals surface area (Å²) in [6.45, 7) is 2.40. The van der Waals surface area contributed by atoms with E-state index in [1.54, 1.807) is 24.3 Å². The van der Waals surface area contributed by atoms with Gasteiger partial charge in [0, 0.05) is 5.92 Å². The van der Waals surface area contributed by atoms with Gasteiger partial charge in [0.1, 0.15) is 0 Å². The van der Waals surface area contributed by atoms with Crippen molar-refractivity contribution in [2.75, 3.05) is 11.9 Å². The summed E-state index contributed by atoms with van der Waals surface area (Å²) in [6.07, 6.45) is 1.52. The third-order valence-corrected chi connectivity index (χ3v) is 2.74. The highest BCUT2D eigenvalue weighted by Gasteiger charge is 2.15. The van der Waals surface area contributed by atoms with Crippen LogP contribution in [0.5, 0.6) is 0 Å². The topological polar surface area (TPSA) is 98.2 Å². The Hall–Kier alpha value is -1.88. The predicted octanol–water partition coefficient (Wildman–Crippen LogP) is 1.10. The van der Waals surface area contributed by atoms with Crippen LogP contribution >= 0.6 is 0 Å². The maximum absolute atomic E-state index is 11.9. The van der Waals surface area contributed by atoms with Gasteiger partial charge in [0.25, 0.3) is 5.91 Å². The molecular weight excluding hydrogens is 230 g/mol. The molecule has 0 spiro atoms.